The highest BCUT2D eigenvalue weighted by atomic mass is 32.2. The summed E-state index contributed by atoms with van der Waals surface area (Å²) in [6.45, 7) is 0. The van der Waals surface area contributed by atoms with E-state index in [2.05, 4.69) is 10.6 Å². The van der Waals surface area contributed by atoms with Crippen molar-refractivity contribution >= 4 is 96.7 Å². The summed E-state index contributed by atoms with van der Waals surface area (Å²) in [5.41, 5.74) is -2.96. The molecule has 3 heterocycles. The minimum atomic E-state index is -5.74. The average molecular weight is 768 g/mol. The van der Waals surface area contributed by atoms with Gasteiger partial charge in [0.2, 0.25) is 0 Å². The lowest BCUT2D eigenvalue weighted by Crippen LogP contribution is -2.49. The van der Waals surface area contributed by atoms with Crippen LogP contribution in [0.1, 0.15) is 10.5 Å². The average Bonchev–Trinajstić information content (AvgIpc) is 3.41. The van der Waals surface area contributed by atoms with Crippen molar-refractivity contribution in [1.29, 1.82) is 0 Å². The summed E-state index contributed by atoms with van der Waals surface area (Å²) in [6, 6.07) is 8.75. The summed E-state index contributed by atoms with van der Waals surface area (Å²) in [6.07, 6.45) is 1.34. The van der Waals surface area contributed by atoms with E-state index in [1.54, 1.807) is 0 Å². The van der Waals surface area contributed by atoms with Crippen LogP contribution in [0, 0.1) is 0 Å². The summed E-state index contributed by atoms with van der Waals surface area (Å²) in [5, 5.41) is 2.71. The number of nitrogens with zero attached hydrogens (tertiary/aromatic N) is 2. The number of nitrogens with one attached hydrogen (secondary N) is 2. The Bertz CT molecular complexity index is 2830. The van der Waals surface area contributed by atoms with Crippen molar-refractivity contribution in [3.8, 4) is 0 Å². The molecule has 1 aromatic heterocycles. The number of carbonyl (C=O) groups is 2. The second-order valence-corrected chi connectivity index (χ2v) is 16.8. The molecule has 262 valence electrons. The molecule has 0 saturated carbocycles. The first-order valence-electron chi connectivity index (χ1n) is 13.7. The van der Waals surface area contributed by atoms with Crippen molar-refractivity contribution in [1.82, 2.24) is 9.05 Å². The van der Waals surface area contributed by atoms with E-state index < -0.39 is 104 Å². The Balaban J connectivity index is 2.07. The van der Waals surface area contributed by atoms with Crippen molar-refractivity contribution in [2.45, 2.75) is 19.6 Å². The zero-order chi connectivity index (χ0) is 36.9. The monoisotopic (exact) mass is 767 g/mol. The number of amides is 3. The Hall–Kier alpha value is -4.78. The zero-order valence-electron chi connectivity index (χ0n) is 25.2. The van der Waals surface area contributed by atoms with E-state index in [9.17, 15) is 61.5 Å². The van der Waals surface area contributed by atoms with Gasteiger partial charge < -0.3 is 15.2 Å². The molecule has 0 aliphatic carbocycles. The number of benzene rings is 4. The van der Waals surface area contributed by atoms with Gasteiger partial charge in [-0.3, -0.25) is 18.2 Å². The van der Waals surface area contributed by atoms with Crippen molar-refractivity contribution in [2.24, 2.45) is 7.05 Å². The molecule has 18 nitrogen and oxygen atoms in total. The Kier molecular flexibility index (Phi) is 7.79. The molecule has 0 radical (unpaired) electrons. The maximum atomic E-state index is 15.0. The first kappa shape index (κ1) is 35.1. The number of anilines is 2. The van der Waals surface area contributed by atoms with Crippen LogP contribution in [-0.2, 0) is 47.5 Å². The standard InChI is InChI=1S/C28H22N4O14S4/c1-31-9-3-4-20(31)27(33)32(2)24-17-8-7-16(12-19(17)21(47(35,36)37)13-23(24)49(41,42)43)30-28(34)29-15-6-5-14-10-22(48(38,39)40)25(32)26(18(14)11-15)50(44,45)46/h3-13H,1-2H3,(H5-,29,30,34,35,36,37,38,39,40,41,42,43,44,45,46)/p+1. The van der Waals surface area contributed by atoms with E-state index in [0.717, 1.165) is 43.4 Å². The summed E-state index contributed by atoms with van der Waals surface area (Å²) >= 11 is 0. The third kappa shape index (κ3) is 5.61. The zero-order valence-corrected chi connectivity index (χ0v) is 28.5. The van der Waals surface area contributed by atoms with Gasteiger partial charge in [0.05, 0.1) is 7.05 Å². The van der Waals surface area contributed by atoms with Gasteiger partial charge in [-0.1, -0.05) is 6.07 Å². The molecule has 4 aromatic carbocycles. The Morgan fingerprint density at radius 2 is 1.20 bits per heavy atom. The third-order valence-corrected chi connectivity index (χ3v) is 11.7. The Labute approximate surface area is 283 Å². The van der Waals surface area contributed by atoms with Crippen molar-refractivity contribution in [3.63, 3.8) is 0 Å². The maximum Gasteiger partial charge on any atom is 0.372 e. The second-order valence-electron chi connectivity index (χ2n) is 11.3. The normalized spacial score (nSPS) is 17.0. The summed E-state index contributed by atoms with van der Waals surface area (Å²) in [5.74, 6) is -1.34. The molecule has 0 spiro atoms. The van der Waals surface area contributed by atoms with Gasteiger partial charge in [-0.2, -0.15) is 38.2 Å². The van der Waals surface area contributed by atoms with Gasteiger partial charge in [-0.25, -0.2) is 9.59 Å². The smallest absolute Gasteiger partial charge is 0.343 e. The number of carbonyl (C=O) groups excluding carboxylic acids is 2. The van der Waals surface area contributed by atoms with Crippen LogP contribution in [0.4, 0.5) is 27.5 Å². The molecule has 2 aliphatic rings. The van der Waals surface area contributed by atoms with E-state index in [1.165, 1.54) is 36.0 Å². The van der Waals surface area contributed by atoms with Gasteiger partial charge in [-0.05, 0) is 60.0 Å². The predicted molar refractivity (Wildman–Crippen MR) is 177 cm³/mol. The van der Waals surface area contributed by atoms with E-state index in [1.807, 2.05) is 0 Å². The molecule has 6 N–H and O–H groups in total. The first-order valence-corrected chi connectivity index (χ1v) is 19.4. The lowest BCUT2D eigenvalue weighted by Gasteiger charge is -2.35. The largest absolute Gasteiger partial charge is 0.372 e. The molecule has 7 rings (SSSR count). The molecule has 5 aromatic rings. The van der Waals surface area contributed by atoms with Gasteiger partial charge in [0.25, 0.3) is 10.1 Å². The first-order chi connectivity index (χ1) is 22.9. The topological polar surface area (TPSA) is 281 Å². The number of quaternary nitrogens is 1. The van der Waals surface area contributed by atoms with Crippen LogP contribution in [-0.4, -0.2) is 75.4 Å². The molecular weight excluding hydrogens is 745 g/mol. The fourth-order valence-corrected chi connectivity index (χ4v) is 9.56. The predicted octanol–water partition coefficient (Wildman–Crippen LogP) is 3.38. The Morgan fingerprint density at radius 1 is 0.660 bits per heavy atom. The molecule has 1 atom stereocenters. The summed E-state index contributed by atoms with van der Waals surface area (Å²) in [7, 11) is -20.4. The summed E-state index contributed by atoms with van der Waals surface area (Å²) < 4.78 is 146. The van der Waals surface area contributed by atoms with Crippen molar-refractivity contribution in [2.75, 3.05) is 17.7 Å². The number of aryl methyl sites for hydroxylation is 1. The fourth-order valence-electron chi connectivity index (χ4n) is 6.11. The number of aromatic nitrogens is 1. The maximum absolute atomic E-state index is 15.0. The molecule has 7 bridgehead atoms. The van der Waals surface area contributed by atoms with Gasteiger partial charge in [0.1, 0.15) is 10.6 Å². The van der Waals surface area contributed by atoms with E-state index in [0.29, 0.717) is 0 Å². The van der Waals surface area contributed by atoms with Gasteiger partial charge in [0.15, 0.2) is 26.1 Å². The second kappa shape index (κ2) is 11.1. The van der Waals surface area contributed by atoms with Crippen LogP contribution in [0.5, 0.6) is 0 Å². The van der Waals surface area contributed by atoms with E-state index >= 15 is 0 Å². The highest BCUT2D eigenvalue weighted by Gasteiger charge is 2.52. The highest BCUT2D eigenvalue weighted by molar-refractivity contribution is 7.87. The number of hydrogen-bond donors (Lipinski definition) is 6. The Morgan fingerprint density at radius 3 is 1.72 bits per heavy atom. The van der Waals surface area contributed by atoms with Crippen LogP contribution in [0.25, 0.3) is 21.5 Å². The quantitative estimate of drug-likeness (QED) is 0.110. The minimum absolute atomic E-state index is 0.165. The number of fused-ring (bicyclic) bond motifs is 3. The molecule has 22 heteroatoms. The molecule has 50 heavy (non-hydrogen) atoms. The summed E-state index contributed by atoms with van der Waals surface area (Å²) in [4.78, 5) is 22.7. The lowest BCUT2D eigenvalue weighted by atomic mass is 10.0. The fraction of sp³-hybridized carbons (Fsp3) is 0.0714. The van der Waals surface area contributed by atoms with E-state index in [-0.39, 0.29) is 28.5 Å². The van der Waals surface area contributed by atoms with Crippen molar-refractivity contribution < 1.29 is 61.5 Å². The molecule has 2 aliphatic heterocycles. The minimum Gasteiger partial charge on any atom is -0.343 e. The van der Waals surface area contributed by atoms with Crippen molar-refractivity contribution in [3.05, 3.63) is 72.6 Å². The van der Waals surface area contributed by atoms with Crippen LogP contribution in [0.2, 0.25) is 0 Å². The number of hydrogen-bond acceptors (Lipinski definition) is 10. The van der Waals surface area contributed by atoms with Crippen LogP contribution in [0.3, 0.4) is 0 Å². The molecule has 0 fully saturated rings. The van der Waals surface area contributed by atoms with Crippen LogP contribution in [0.15, 0.2) is 86.4 Å². The van der Waals surface area contributed by atoms with Gasteiger partial charge >= 0.3 is 42.3 Å². The number of urea groups is 1. The number of rotatable bonds is 5. The SMILES string of the molecule is Cn1cccc1C(=O)[N+]1(C)c2c(S(=O)(=O)O)cc3ccc(cc3c2S(=O)(=O)O)NC(=O)Nc2ccc3c1c(S(=O)(=O)O)cc(S(=O)(=O)O)c3c2. The highest BCUT2D eigenvalue weighted by Crippen LogP contribution is 2.52. The van der Waals surface area contributed by atoms with Gasteiger partial charge in [0, 0.05) is 40.8 Å². The lowest BCUT2D eigenvalue weighted by molar-refractivity contribution is 0.0847. The van der Waals surface area contributed by atoms with E-state index in [4.69, 9.17) is 0 Å². The van der Waals surface area contributed by atoms with Crippen LogP contribution < -0.4 is 15.1 Å². The third-order valence-electron chi connectivity index (χ3n) is 8.14. The molecule has 1 unspecified atom stereocenters. The van der Waals surface area contributed by atoms with Crippen LogP contribution >= 0.6 is 0 Å². The molecule has 3 amide bonds. The molecular formula is C28H23N4O14S4+. The molecule has 0 saturated heterocycles. The van der Waals surface area contributed by atoms with Gasteiger partial charge in [-0.15, -0.1) is 0 Å².